The van der Waals surface area contributed by atoms with E-state index in [-0.39, 0.29) is 35.3 Å². The van der Waals surface area contributed by atoms with E-state index in [1.807, 2.05) is 12.1 Å². The van der Waals surface area contributed by atoms with Gasteiger partial charge < -0.3 is 5.11 Å². The van der Waals surface area contributed by atoms with Crippen LogP contribution in [-0.2, 0) is 0 Å². The molecule has 0 aliphatic heterocycles. The van der Waals surface area contributed by atoms with Crippen LogP contribution in [0.5, 0.6) is 0 Å². The zero-order chi connectivity index (χ0) is 9.26. The summed E-state index contributed by atoms with van der Waals surface area (Å²) < 4.78 is 0. The Kier molecular flexibility index (Phi) is 3.63. The van der Waals surface area contributed by atoms with Crippen LogP contribution in [0.1, 0.15) is 10.5 Å². The van der Waals surface area contributed by atoms with E-state index >= 15 is 0 Å². The zero-order valence-corrected chi connectivity index (χ0v) is 6.77. The molecule has 1 aromatic carbocycles. The quantitative estimate of drug-likeness (QED) is 0.700. The topological polar surface area (TPSA) is 50.2 Å². The molecule has 0 saturated carbocycles. The number of nitrogens with zero attached hydrogens (tertiary/aromatic N) is 1. The van der Waals surface area contributed by atoms with Gasteiger partial charge in [-0.05, 0) is 11.5 Å². The number of fused-ring (bicyclic) bond motifs is 1. The first kappa shape index (κ1) is 11.2. The average Bonchev–Trinajstić information content (AvgIpc) is 2.17. The number of aromatic carboxylic acids is 1. The fourth-order valence-corrected chi connectivity index (χ4v) is 1.29. The van der Waals surface area contributed by atoms with E-state index in [1.54, 1.807) is 18.2 Å². The van der Waals surface area contributed by atoms with Crippen molar-refractivity contribution >= 4 is 46.3 Å². The van der Waals surface area contributed by atoms with Crippen LogP contribution in [0.15, 0.2) is 36.5 Å². The van der Waals surface area contributed by atoms with Crippen LogP contribution in [0, 0.1) is 0 Å². The SMILES string of the molecule is O=C(O)c1nccc2ccccc12.[NaH]. The summed E-state index contributed by atoms with van der Waals surface area (Å²) in [7, 11) is 0. The first-order valence-corrected chi connectivity index (χ1v) is 3.86. The first-order chi connectivity index (χ1) is 6.29. The number of hydrogen-bond donors (Lipinski definition) is 1. The number of pyridine rings is 1. The van der Waals surface area contributed by atoms with Gasteiger partial charge in [0, 0.05) is 11.6 Å². The molecule has 0 amide bonds. The van der Waals surface area contributed by atoms with Gasteiger partial charge in [0.05, 0.1) is 0 Å². The van der Waals surface area contributed by atoms with Gasteiger partial charge in [0.25, 0.3) is 0 Å². The Hall–Kier alpha value is -0.900. The summed E-state index contributed by atoms with van der Waals surface area (Å²) in [6.07, 6.45) is 1.51. The summed E-state index contributed by atoms with van der Waals surface area (Å²) in [6, 6.07) is 9.08. The van der Waals surface area contributed by atoms with E-state index in [0.717, 1.165) is 5.39 Å². The monoisotopic (exact) mass is 197 g/mol. The molecule has 1 heterocycles. The number of hydrogen-bond acceptors (Lipinski definition) is 2. The Morgan fingerprint density at radius 3 is 2.64 bits per heavy atom. The van der Waals surface area contributed by atoms with Crippen molar-refractivity contribution in [2.24, 2.45) is 0 Å². The summed E-state index contributed by atoms with van der Waals surface area (Å²) in [6.45, 7) is 0. The summed E-state index contributed by atoms with van der Waals surface area (Å²) in [5.74, 6) is -0.989. The molecule has 3 nitrogen and oxygen atoms in total. The molecule has 2 aromatic rings. The Balaban J connectivity index is 0.000000980. The normalized spacial score (nSPS) is 9.43. The van der Waals surface area contributed by atoms with Gasteiger partial charge in [0.15, 0.2) is 5.69 Å². The van der Waals surface area contributed by atoms with Crippen molar-refractivity contribution in [3.63, 3.8) is 0 Å². The number of benzene rings is 1. The first-order valence-electron chi connectivity index (χ1n) is 3.86. The molecule has 0 radical (unpaired) electrons. The third kappa shape index (κ3) is 1.95. The van der Waals surface area contributed by atoms with E-state index in [1.165, 1.54) is 6.20 Å². The third-order valence-corrected chi connectivity index (χ3v) is 1.88. The van der Waals surface area contributed by atoms with Crippen LogP contribution >= 0.6 is 0 Å². The number of rotatable bonds is 1. The standard InChI is InChI=1S/C10H7NO2.Na.H/c12-10(13)9-8-4-2-1-3-7(8)5-6-11-9;;/h1-6H,(H,12,13);;. The van der Waals surface area contributed by atoms with Gasteiger partial charge in [0.2, 0.25) is 0 Å². The fourth-order valence-electron chi connectivity index (χ4n) is 1.29. The van der Waals surface area contributed by atoms with Crippen molar-refractivity contribution in [1.82, 2.24) is 4.98 Å². The van der Waals surface area contributed by atoms with Gasteiger partial charge in [-0.25, -0.2) is 9.78 Å². The number of carboxylic acid groups (broad SMARTS) is 1. The molecule has 0 saturated heterocycles. The maximum absolute atomic E-state index is 10.8. The van der Waals surface area contributed by atoms with E-state index in [4.69, 9.17) is 5.11 Å². The molecule has 1 aromatic heterocycles. The number of aromatic nitrogens is 1. The Morgan fingerprint density at radius 2 is 1.93 bits per heavy atom. The Bertz CT molecular complexity index is 465. The third-order valence-electron chi connectivity index (χ3n) is 1.88. The molecule has 14 heavy (non-hydrogen) atoms. The van der Waals surface area contributed by atoms with E-state index in [2.05, 4.69) is 4.98 Å². The maximum atomic E-state index is 10.8. The molecule has 0 atom stereocenters. The Morgan fingerprint density at radius 1 is 1.21 bits per heavy atom. The van der Waals surface area contributed by atoms with Crippen LogP contribution in [0.4, 0.5) is 0 Å². The molecule has 4 heteroatoms. The molecular formula is C10H8NNaO2. The minimum absolute atomic E-state index is 0. The second kappa shape index (κ2) is 4.55. The molecule has 0 aliphatic carbocycles. The van der Waals surface area contributed by atoms with Gasteiger partial charge in [-0.15, -0.1) is 0 Å². The molecule has 66 valence electrons. The molecule has 0 bridgehead atoms. The molecule has 1 N–H and O–H groups in total. The van der Waals surface area contributed by atoms with E-state index in [9.17, 15) is 4.79 Å². The summed E-state index contributed by atoms with van der Waals surface area (Å²) in [5.41, 5.74) is 0.109. The average molecular weight is 197 g/mol. The molecule has 0 aliphatic rings. The van der Waals surface area contributed by atoms with Gasteiger partial charge in [0.1, 0.15) is 0 Å². The number of carboxylic acids is 1. The summed E-state index contributed by atoms with van der Waals surface area (Å²) in [5, 5.41) is 10.4. The van der Waals surface area contributed by atoms with Crippen molar-refractivity contribution in [2.75, 3.05) is 0 Å². The predicted octanol–water partition coefficient (Wildman–Crippen LogP) is 1.28. The number of carbonyl (C=O) groups is 1. The molecular weight excluding hydrogens is 189 g/mol. The van der Waals surface area contributed by atoms with Gasteiger partial charge >= 0.3 is 35.5 Å². The van der Waals surface area contributed by atoms with Crippen molar-refractivity contribution in [2.45, 2.75) is 0 Å². The fraction of sp³-hybridized carbons (Fsp3) is 0. The van der Waals surface area contributed by atoms with Gasteiger partial charge in [-0.2, -0.15) is 0 Å². The van der Waals surface area contributed by atoms with Gasteiger partial charge in [-0.3, -0.25) is 0 Å². The Labute approximate surface area is 103 Å². The van der Waals surface area contributed by atoms with Gasteiger partial charge in [-0.1, -0.05) is 24.3 Å². The molecule has 0 unspecified atom stereocenters. The predicted molar refractivity (Wildman–Crippen MR) is 55.9 cm³/mol. The molecule has 2 rings (SSSR count). The second-order valence-corrected chi connectivity index (χ2v) is 2.69. The zero-order valence-electron chi connectivity index (χ0n) is 6.77. The summed E-state index contributed by atoms with van der Waals surface area (Å²) >= 11 is 0. The van der Waals surface area contributed by atoms with Crippen LogP contribution in [-0.4, -0.2) is 45.6 Å². The van der Waals surface area contributed by atoms with Crippen LogP contribution in [0.25, 0.3) is 10.8 Å². The molecule has 0 fully saturated rings. The van der Waals surface area contributed by atoms with E-state index in [0.29, 0.717) is 5.39 Å². The van der Waals surface area contributed by atoms with Crippen molar-refractivity contribution < 1.29 is 9.90 Å². The van der Waals surface area contributed by atoms with Crippen LogP contribution in [0.3, 0.4) is 0 Å². The van der Waals surface area contributed by atoms with Crippen molar-refractivity contribution in [3.8, 4) is 0 Å². The second-order valence-electron chi connectivity index (χ2n) is 2.69. The van der Waals surface area contributed by atoms with Crippen molar-refractivity contribution in [3.05, 3.63) is 42.2 Å². The molecule has 0 spiro atoms. The van der Waals surface area contributed by atoms with Crippen LogP contribution < -0.4 is 0 Å². The van der Waals surface area contributed by atoms with Crippen LogP contribution in [0.2, 0.25) is 0 Å². The van der Waals surface area contributed by atoms with E-state index < -0.39 is 5.97 Å². The minimum atomic E-state index is -0.989. The van der Waals surface area contributed by atoms with Crippen molar-refractivity contribution in [1.29, 1.82) is 0 Å². The summed E-state index contributed by atoms with van der Waals surface area (Å²) in [4.78, 5) is 14.6.